The summed E-state index contributed by atoms with van der Waals surface area (Å²) in [6.07, 6.45) is -0.698. The molecule has 1 aromatic carbocycles. The first kappa shape index (κ1) is 13.8. The van der Waals surface area contributed by atoms with Gasteiger partial charge in [-0.2, -0.15) is 0 Å². The highest BCUT2D eigenvalue weighted by Crippen LogP contribution is 2.33. The van der Waals surface area contributed by atoms with Crippen LogP contribution in [0, 0.1) is 24.0 Å². The van der Waals surface area contributed by atoms with E-state index >= 15 is 0 Å². The third-order valence-electron chi connectivity index (χ3n) is 3.46. The summed E-state index contributed by atoms with van der Waals surface area (Å²) in [6.45, 7) is 3.53. The summed E-state index contributed by atoms with van der Waals surface area (Å²) < 4.78 is 10.8. The Morgan fingerprint density at radius 1 is 1.37 bits per heavy atom. The van der Waals surface area contributed by atoms with E-state index < -0.39 is 11.0 Å². The number of hydrogen-bond acceptors (Lipinski definition) is 5. The van der Waals surface area contributed by atoms with E-state index in [0.29, 0.717) is 17.7 Å². The van der Waals surface area contributed by atoms with Gasteiger partial charge in [0.15, 0.2) is 0 Å². The fourth-order valence-corrected chi connectivity index (χ4v) is 2.29. The summed E-state index contributed by atoms with van der Waals surface area (Å²) in [6, 6.07) is 3.16. The lowest BCUT2D eigenvalue weighted by Gasteiger charge is -2.40. The van der Waals surface area contributed by atoms with Crippen LogP contribution in [0.15, 0.2) is 12.1 Å². The molecular weight excluding hydrogens is 250 g/mol. The Hall–Kier alpha value is -1.66. The fourth-order valence-electron chi connectivity index (χ4n) is 2.29. The van der Waals surface area contributed by atoms with Gasteiger partial charge in [0, 0.05) is 19.1 Å². The molecule has 0 saturated heterocycles. The molecule has 0 heterocycles. The first-order valence-corrected chi connectivity index (χ1v) is 6.07. The molecule has 0 bridgehead atoms. The number of methoxy groups -OCH3 is 1. The Morgan fingerprint density at radius 2 is 2.05 bits per heavy atom. The number of aliphatic hydroxyl groups is 1. The van der Waals surface area contributed by atoms with Crippen LogP contribution in [0.25, 0.3) is 0 Å². The number of nitro benzene ring substituents is 1. The van der Waals surface area contributed by atoms with Gasteiger partial charge < -0.3 is 14.6 Å². The van der Waals surface area contributed by atoms with Gasteiger partial charge in [0.05, 0.1) is 17.1 Å². The molecule has 2 rings (SSSR count). The minimum Gasteiger partial charge on any atom is -0.487 e. The first-order valence-electron chi connectivity index (χ1n) is 6.07. The molecule has 3 unspecified atom stereocenters. The SMILES string of the molecule is COC1C(O)CC1Oc1cc([N+](=O)[O-])c(C)cc1C. The molecule has 3 atom stereocenters. The molecule has 1 saturated carbocycles. The van der Waals surface area contributed by atoms with Gasteiger partial charge in [-0.25, -0.2) is 0 Å². The molecule has 1 N–H and O–H groups in total. The predicted molar refractivity (Wildman–Crippen MR) is 68.4 cm³/mol. The van der Waals surface area contributed by atoms with Crippen LogP contribution in [-0.4, -0.2) is 35.5 Å². The molecule has 1 aliphatic rings. The number of benzene rings is 1. The molecule has 0 aliphatic heterocycles. The highest BCUT2D eigenvalue weighted by molar-refractivity contribution is 5.49. The van der Waals surface area contributed by atoms with Crippen LogP contribution < -0.4 is 4.74 Å². The minimum atomic E-state index is -0.532. The van der Waals surface area contributed by atoms with Crippen LogP contribution in [0.5, 0.6) is 5.75 Å². The largest absolute Gasteiger partial charge is 0.487 e. The number of nitrogens with zero attached hydrogens (tertiary/aromatic N) is 1. The van der Waals surface area contributed by atoms with Crippen molar-refractivity contribution in [1.29, 1.82) is 0 Å². The van der Waals surface area contributed by atoms with Crippen LogP contribution in [0.4, 0.5) is 5.69 Å². The Bertz CT molecular complexity index is 502. The summed E-state index contributed by atoms with van der Waals surface area (Å²) in [5.41, 5.74) is 1.47. The quantitative estimate of drug-likeness (QED) is 0.663. The Labute approximate surface area is 111 Å². The van der Waals surface area contributed by atoms with Crippen molar-refractivity contribution in [2.45, 2.75) is 38.6 Å². The van der Waals surface area contributed by atoms with Crippen LogP contribution in [0.3, 0.4) is 0 Å². The van der Waals surface area contributed by atoms with Crippen molar-refractivity contribution in [2.75, 3.05) is 7.11 Å². The van der Waals surface area contributed by atoms with Gasteiger partial charge in [0.25, 0.3) is 5.69 Å². The van der Waals surface area contributed by atoms with Gasteiger partial charge in [0.2, 0.25) is 0 Å². The number of rotatable bonds is 4. The lowest BCUT2D eigenvalue weighted by molar-refractivity contribution is -0.385. The standard InChI is InChI=1S/C13H17NO5/c1-7-4-8(2)11(5-9(7)14(16)17)19-12-6-10(15)13(12)18-3/h4-5,10,12-13,15H,6H2,1-3H3. The van der Waals surface area contributed by atoms with Crippen molar-refractivity contribution in [3.63, 3.8) is 0 Å². The number of aryl methyl sites for hydroxylation is 2. The monoisotopic (exact) mass is 267 g/mol. The number of ether oxygens (including phenoxy) is 2. The second-order valence-electron chi connectivity index (χ2n) is 4.82. The summed E-state index contributed by atoms with van der Waals surface area (Å²) in [5, 5.41) is 20.4. The molecule has 104 valence electrons. The summed E-state index contributed by atoms with van der Waals surface area (Å²) in [4.78, 5) is 10.5. The van der Waals surface area contributed by atoms with E-state index in [4.69, 9.17) is 9.47 Å². The van der Waals surface area contributed by atoms with Gasteiger partial charge in [0.1, 0.15) is 18.0 Å². The van der Waals surface area contributed by atoms with Crippen molar-refractivity contribution in [1.82, 2.24) is 0 Å². The average molecular weight is 267 g/mol. The van der Waals surface area contributed by atoms with E-state index in [1.807, 2.05) is 6.92 Å². The molecule has 19 heavy (non-hydrogen) atoms. The second-order valence-corrected chi connectivity index (χ2v) is 4.82. The van der Waals surface area contributed by atoms with Gasteiger partial charge in [-0.15, -0.1) is 0 Å². The van der Waals surface area contributed by atoms with Crippen LogP contribution in [-0.2, 0) is 4.74 Å². The Morgan fingerprint density at radius 3 is 2.58 bits per heavy atom. The van der Waals surface area contributed by atoms with Gasteiger partial charge in [-0.05, 0) is 25.5 Å². The minimum absolute atomic E-state index is 0.0365. The maximum absolute atomic E-state index is 10.9. The topological polar surface area (TPSA) is 81.8 Å². The summed E-state index contributed by atoms with van der Waals surface area (Å²) in [5.74, 6) is 0.469. The van der Waals surface area contributed by atoms with Crippen molar-refractivity contribution in [2.24, 2.45) is 0 Å². The van der Waals surface area contributed by atoms with Crippen molar-refractivity contribution >= 4 is 5.69 Å². The molecule has 1 fully saturated rings. The van der Waals surface area contributed by atoms with Crippen molar-refractivity contribution in [3.8, 4) is 5.75 Å². The fraction of sp³-hybridized carbons (Fsp3) is 0.538. The number of aliphatic hydroxyl groups excluding tert-OH is 1. The zero-order valence-electron chi connectivity index (χ0n) is 11.1. The third kappa shape index (κ3) is 2.54. The van der Waals surface area contributed by atoms with Crippen molar-refractivity contribution in [3.05, 3.63) is 33.4 Å². The summed E-state index contributed by atoms with van der Waals surface area (Å²) >= 11 is 0. The van der Waals surface area contributed by atoms with E-state index in [1.54, 1.807) is 13.0 Å². The molecule has 6 heteroatoms. The second kappa shape index (κ2) is 5.14. The molecule has 1 aromatic rings. The molecule has 0 radical (unpaired) electrons. The van der Waals surface area contributed by atoms with E-state index in [-0.39, 0.29) is 17.9 Å². The van der Waals surface area contributed by atoms with Gasteiger partial charge in [-0.3, -0.25) is 10.1 Å². The van der Waals surface area contributed by atoms with Crippen LogP contribution in [0.1, 0.15) is 17.5 Å². The molecular formula is C13H17NO5. The lowest BCUT2D eigenvalue weighted by Crippen LogP contribution is -2.54. The van der Waals surface area contributed by atoms with Crippen LogP contribution in [0.2, 0.25) is 0 Å². The molecule has 6 nitrogen and oxygen atoms in total. The van der Waals surface area contributed by atoms with E-state index in [1.165, 1.54) is 13.2 Å². The average Bonchev–Trinajstić information content (AvgIpc) is 2.31. The Balaban J connectivity index is 2.21. The lowest BCUT2D eigenvalue weighted by atomic mass is 9.88. The predicted octanol–water partition coefficient (Wildman–Crippen LogP) is 1.74. The summed E-state index contributed by atoms with van der Waals surface area (Å²) in [7, 11) is 1.51. The first-order chi connectivity index (χ1) is 8.93. The highest BCUT2D eigenvalue weighted by atomic mass is 16.6. The molecule has 0 spiro atoms. The van der Waals surface area contributed by atoms with E-state index in [0.717, 1.165) is 5.56 Å². The van der Waals surface area contributed by atoms with E-state index in [2.05, 4.69) is 0 Å². The normalized spacial score (nSPS) is 25.8. The molecule has 1 aliphatic carbocycles. The third-order valence-corrected chi connectivity index (χ3v) is 3.46. The highest BCUT2D eigenvalue weighted by Gasteiger charge is 2.42. The molecule has 0 amide bonds. The van der Waals surface area contributed by atoms with Gasteiger partial charge in [-0.1, -0.05) is 0 Å². The number of nitro groups is 1. The van der Waals surface area contributed by atoms with Crippen LogP contribution >= 0.6 is 0 Å². The smallest absolute Gasteiger partial charge is 0.276 e. The van der Waals surface area contributed by atoms with E-state index in [9.17, 15) is 15.2 Å². The zero-order valence-corrected chi connectivity index (χ0v) is 11.1. The van der Waals surface area contributed by atoms with Gasteiger partial charge >= 0.3 is 0 Å². The molecule has 0 aromatic heterocycles. The maximum Gasteiger partial charge on any atom is 0.276 e. The maximum atomic E-state index is 10.9. The van der Waals surface area contributed by atoms with Crippen molar-refractivity contribution < 1.29 is 19.5 Å². The Kier molecular flexibility index (Phi) is 3.73. The zero-order chi connectivity index (χ0) is 14.2. The number of hydrogen-bond donors (Lipinski definition) is 1.